The summed E-state index contributed by atoms with van der Waals surface area (Å²) in [5.41, 5.74) is 1.35. The second kappa shape index (κ2) is 18.3. The lowest BCUT2D eigenvalue weighted by molar-refractivity contribution is -0.0102. The molecule has 0 amide bonds. The fourth-order valence-corrected chi connectivity index (χ4v) is 3.60. The van der Waals surface area contributed by atoms with Gasteiger partial charge in [-0.15, -0.1) is 0 Å². The third-order valence-electron chi connectivity index (χ3n) is 5.56. The van der Waals surface area contributed by atoms with Gasteiger partial charge in [0.05, 0.1) is 59.5 Å². The van der Waals surface area contributed by atoms with Crippen LogP contribution in [0.2, 0.25) is 0 Å². The van der Waals surface area contributed by atoms with Gasteiger partial charge in [-0.2, -0.15) is 0 Å². The standard InChI is InChI=1S/C24H43N3O5/c1-25-24(23-6-4-3-5-7-23)22-27-10-8-26(9-11-27)12-13-29-16-17-31-20-21-32-19-18-30-15-14-28-2/h3-7,24-25H,8-22H2,1-2H3/t24-/m1/s1. The number of rotatable bonds is 19. The fraction of sp³-hybridized carbons (Fsp3) is 0.750. The van der Waals surface area contributed by atoms with Gasteiger partial charge in [0.1, 0.15) is 0 Å². The zero-order valence-corrected chi connectivity index (χ0v) is 20.0. The van der Waals surface area contributed by atoms with Crippen molar-refractivity contribution in [2.24, 2.45) is 0 Å². The van der Waals surface area contributed by atoms with E-state index in [4.69, 9.17) is 23.7 Å². The highest BCUT2D eigenvalue weighted by Crippen LogP contribution is 2.14. The van der Waals surface area contributed by atoms with Gasteiger partial charge >= 0.3 is 0 Å². The second-order valence-corrected chi connectivity index (χ2v) is 7.84. The van der Waals surface area contributed by atoms with Gasteiger partial charge in [-0.1, -0.05) is 30.3 Å². The van der Waals surface area contributed by atoms with Gasteiger partial charge in [-0.3, -0.25) is 9.80 Å². The smallest absolute Gasteiger partial charge is 0.0701 e. The van der Waals surface area contributed by atoms with E-state index in [1.54, 1.807) is 7.11 Å². The molecular weight excluding hydrogens is 410 g/mol. The zero-order valence-electron chi connectivity index (χ0n) is 20.0. The van der Waals surface area contributed by atoms with E-state index in [1.165, 1.54) is 5.56 Å². The summed E-state index contributed by atoms with van der Waals surface area (Å²) in [7, 11) is 3.71. The lowest BCUT2D eigenvalue weighted by Gasteiger charge is -2.36. The Hall–Kier alpha value is -1.10. The zero-order chi connectivity index (χ0) is 22.7. The Morgan fingerprint density at radius 1 is 0.719 bits per heavy atom. The van der Waals surface area contributed by atoms with Crippen molar-refractivity contribution in [1.82, 2.24) is 15.1 Å². The van der Waals surface area contributed by atoms with Gasteiger partial charge in [0.25, 0.3) is 0 Å². The first-order valence-corrected chi connectivity index (χ1v) is 11.8. The van der Waals surface area contributed by atoms with Crippen molar-refractivity contribution in [3.8, 4) is 0 Å². The van der Waals surface area contributed by atoms with Crippen molar-refractivity contribution >= 4 is 0 Å². The maximum atomic E-state index is 5.72. The van der Waals surface area contributed by atoms with E-state index in [-0.39, 0.29) is 0 Å². The average molecular weight is 454 g/mol. The molecule has 1 atom stereocenters. The SMILES string of the molecule is CN[C@H](CN1CCN(CCOCCOCCOCCOCCOC)CC1)c1ccccc1. The van der Waals surface area contributed by atoms with Crippen LogP contribution in [0.1, 0.15) is 11.6 Å². The van der Waals surface area contributed by atoms with E-state index in [9.17, 15) is 0 Å². The molecule has 1 fully saturated rings. The van der Waals surface area contributed by atoms with E-state index < -0.39 is 0 Å². The molecule has 2 rings (SSSR count). The number of hydrogen-bond acceptors (Lipinski definition) is 8. The summed E-state index contributed by atoms with van der Waals surface area (Å²) in [6.45, 7) is 12.0. The van der Waals surface area contributed by atoms with Gasteiger partial charge in [0, 0.05) is 52.4 Å². The third kappa shape index (κ3) is 12.2. The Kier molecular flexibility index (Phi) is 15.6. The quantitative estimate of drug-likeness (QED) is 0.314. The molecule has 0 spiro atoms. The second-order valence-electron chi connectivity index (χ2n) is 7.84. The Balaban J connectivity index is 1.39. The molecule has 1 aromatic rings. The van der Waals surface area contributed by atoms with E-state index >= 15 is 0 Å². The van der Waals surface area contributed by atoms with Crippen LogP contribution in [-0.2, 0) is 23.7 Å². The molecule has 8 heteroatoms. The maximum Gasteiger partial charge on any atom is 0.0701 e. The molecule has 0 saturated carbocycles. The Morgan fingerprint density at radius 2 is 1.22 bits per heavy atom. The third-order valence-corrected chi connectivity index (χ3v) is 5.56. The number of likely N-dealkylation sites (N-methyl/N-ethyl adjacent to an activating group) is 1. The number of benzene rings is 1. The van der Waals surface area contributed by atoms with Crippen LogP contribution in [0.15, 0.2) is 30.3 Å². The van der Waals surface area contributed by atoms with Crippen molar-refractivity contribution < 1.29 is 23.7 Å². The molecule has 0 aliphatic carbocycles. The Morgan fingerprint density at radius 3 is 1.75 bits per heavy atom. The molecule has 0 unspecified atom stereocenters. The summed E-state index contributed by atoms with van der Waals surface area (Å²) < 4.78 is 26.9. The molecule has 184 valence electrons. The highest BCUT2D eigenvalue weighted by molar-refractivity contribution is 5.19. The molecule has 32 heavy (non-hydrogen) atoms. The highest BCUT2D eigenvalue weighted by atomic mass is 16.6. The molecule has 8 nitrogen and oxygen atoms in total. The molecule has 1 aliphatic rings. The highest BCUT2D eigenvalue weighted by Gasteiger charge is 2.20. The van der Waals surface area contributed by atoms with Crippen molar-refractivity contribution in [2.45, 2.75) is 6.04 Å². The van der Waals surface area contributed by atoms with Crippen molar-refractivity contribution in [1.29, 1.82) is 0 Å². The molecule has 1 N–H and O–H groups in total. The van der Waals surface area contributed by atoms with Crippen molar-refractivity contribution in [3.05, 3.63) is 35.9 Å². The van der Waals surface area contributed by atoms with Crippen molar-refractivity contribution in [3.63, 3.8) is 0 Å². The van der Waals surface area contributed by atoms with Crippen LogP contribution in [0.25, 0.3) is 0 Å². The summed E-state index contributed by atoms with van der Waals surface area (Å²) in [6.07, 6.45) is 0. The summed E-state index contributed by atoms with van der Waals surface area (Å²) in [5.74, 6) is 0. The molecule has 1 heterocycles. The Labute approximate surface area is 194 Å². The minimum atomic E-state index is 0.380. The number of nitrogens with zero attached hydrogens (tertiary/aromatic N) is 2. The molecule has 0 aromatic heterocycles. The van der Waals surface area contributed by atoms with E-state index in [2.05, 4.69) is 45.4 Å². The maximum absolute atomic E-state index is 5.72. The van der Waals surface area contributed by atoms with E-state index in [0.29, 0.717) is 58.9 Å². The topological polar surface area (TPSA) is 64.7 Å². The van der Waals surface area contributed by atoms with Crippen LogP contribution in [-0.4, -0.2) is 123 Å². The predicted octanol–water partition coefficient (Wildman–Crippen LogP) is 1.28. The molecule has 0 radical (unpaired) electrons. The van der Waals surface area contributed by atoms with Crippen LogP contribution in [0.3, 0.4) is 0 Å². The first-order chi connectivity index (χ1) is 15.8. The lowest BCUT2D eigenvalue weighted by Crippen LogP contribution is -2.49. The summed E-state index contributed by atoms with van der Waals surface area (Å²) in [5, 5.41) is 3.45. The lowest BCUT2D eigenvalue weighted by atomic mass is 10.1. The van der Waals surface area contributed by atoms with Gasteiger partial charge in [-0.05, 0) is 12.6 Å². The summed E-state index contributed by atoms with van der Waals surface area (Å²) in [4.78, 5) is 5.03. The van der Waals surface area contributed by atoms with Crippen LogP contribution >= 0.6 is 0 Å². The minimum Gasteiger partial charge on any atom is -0.382 e. The van der Waals surface area contributed by atoms with Crippen LogP contribution in [0.5, 0.6) is 0 Å². The number of methoxy groups -OCH3 is 1. The molecular formula is C24H43N3O5. The van der Waals surface area contributed by atoms with Crippen LogP contribution in [0.4, 0.5) is 0 Å². The summed E-state index contributed by atoms with van der Waals surface area (Å²) >= 11 is 0. The van der Waals surface area contributed by atoms with Crippen molar-refractivity contribution in [2.75, 3.05) is 113 Å². The number of ether oxygens (including phenoxy) is 5. The number of hydrogen-bond donors (Lipinski definition) is 1. The largest absolute Gasteiger partial charge is 0.382 e. The van der Waals surface area contributed by atoms with Gasteiger partial charge in [0.2, 0.25) is 0 Å². The van der Waals surface area contributed by atoms with Gasteiger partial charge < -0.3 is 29.0 Å². The minimum absolute atomic E-state index is 0.380. The molecule has 1 aromatic carbocycles. The van der Waals surface area contributed by atoms with E-state index in [1.807, 2.05) is 7.05 Å². The Bertz CT molecular complexity index is 544. The number of piperazine rings is 1. The fourth-order valence-electron chi connectivity index (χ4n) is 3.60. The van der Waals surface area contributed by atoms with Gasteiger partial charge in [-0.25, -0.2) is 0 Å². The normalized spacial score (nSPS) is 16.4. The number of nitrogens with one attached hydrogen (secondary N) is 1. The predicted molar refractivity (Wildman–Crippen MR) is 126 cm³/mol. The average Bonchev–Trinajstić information content (AvgIpc) is 2.84. The first-order valence-electron chi connectivity index (χ1n) is 11.8. The van der Waals surface area contributed by atoms with E-state index in [0.717, 1.165) is 45.9 Å². The molecule has 1 saturated heterocycles. The molecule has 1 aliphatic heterocycles. The summed E-state index contributed by atoms with van der Waals surface area (Å²) in [6, 6.07) is 11.1. The first kappa shape index (κ1) is 27.1. The van der Waals surface area contributed by atoms with Crippen LogP contribution < -0.4 is 5.32 Å². The van der Waals surface area contributed by atoms with Crippen LogP contribution in [0, 0.1) is 0 Å². The van der Waals surface area contributed by atoms with Gasteiger partial charge in [0.15, 0.2) is 0 Å². The molecule has 0 bridgehead atoms. The monoisotopic (exact) mass is 453 g/mol.